The molecule has 0 radical (unpaired) electrons. The van der Waals surface area contributed by atoms with Crippen LogP contribution in [0.2, 0.25) is 0 Å². The third-order valence-electron chi connectivity index (χ3n) is 5.15. The molecule has 1 saturated heterocycles. The largest absolute Gasteiger partial charge is 0.497 e. The van der Waals surface area contributed by atoms with Crippen LogP contribution in [0, 0.1) is 0 Å². The minimum atomic E-state index is 0.794. The van der Waals surface area contributed by atoms with E-state index < -0.39 is 0 Å². The third-order valence-corrected chi connectivity index (χ3v) is 5.51. The highest BCUT2D eigenvalue weighted by atomic mass is 32.1. The Morgan fingerprint density at radius 3 is 2.32 bits per heavy atom. The van der Waals surface area contributed by atoms with Crippen molar-refractivity contribution >= 4 is 23.0 Å². The van der Waals surface area contributed by atoms with Crippen molar-refractivity contribution in [3.05, 3.63) is 53.6 Å². The molecule has 6 heteroatoms. The molecule has 0 spiro atoms. The predicted octanol–water partition coefficient (Wildman–Crippen LogP) is 3.78. The molecule has 5 nitrogen and oxygen atoms in total. The topological polar surface area (TPSA) is 37.0 Å². The van der Waals surface area contributed by atoms with Gasteiger partial charge in [-0.15, -0.1) is 0 Å². The van der Waals surface area contributed by atoms with Gasteiger partial charge >= 0.3 is 0 Å². The van der Waals surface area contributed by atoms with Gasteiger partial charge in [0.1, 0.15) is 11.5 Å². The fourth-order valence-electron chi connectivity index (χ4n) is 3.38. The van der Waals surface area contributed by atoms with Gasteiger partial charge in [-0.1, -0.05) is 19.1 Å². The number of nitrogens with zero attached hydrogens (tertiary/aromatic N) is 2. The predicted molar refractivity (Wildman–Crippen MR) is 118 cm³/mol. The molecule has 0 aromatic heterocycles. The molecule has 0 atom stereocenters. The molecule has 0 saturated carbocycles. The lowest BCUT2D eigenvalue weighted by molar-refractivity contribution is 0.175. The first kappa shape index (κ1) is 20.4. The number of thiocarbonyl (C=S) groups is 1. The number of ether oxygens (including phenoxy) is 2. The summed E-state index contributed by atoms with van der Waals surface area (Å²) in [6.07, 6.45) is 1.05. The van der Waals surface area contributed by atoms with Crippen molar-refractivity contribution in [1.82, 2.24) is 9.80 Å². The molecular formula is C22H29N3O2S. The Bertz CT molecular complexity index is 787. The first-order valence-electron chi connectivity index (χ1n) is 9.71. The second kappa shape index (κ2) is 9.75. The van der Waals surface area contributed by atoms with Gasteiger partial charge in [0.2, 0.25) is 0 Å². The van der Waals surface area contributed by atoms with Crippen molar-refractivity contribution in [2.24, 2.45) is 0 Å². The maximum absolute atomic E-state index is 5.62. The maximum atomic E-state index is 5.62. The van der Waals surface area contributed by atoms with E-state index in [9.17, 15) is 0 Å². The van der Waals surface area contributed by atoms with Crippen molar-refractivity contribution in [2.45, 2.75) is 19.9 Å². The van der Waals surface area contributed by atoms with Gasteiger partial charge in [-0.2, -0.15) is 0 Å². The van der Waals surface area contributed by atoms with Crippen molar-refractivity contribution in [3.8, 4) is 11.5 Å². The summed E-state index contributed by atoms with van der Waals surface area (Å²) in [5.74, 6) is 1.75. The smallest absolute Gasteiger partial charge is 0.173 e. The standard InChI is InChI=1S/C22H29N3O2S/c1-4-17-5-7-19(8-6-17)23-22(28)25-13-11-24(12-14-25)16-18-15-20(26-2)9-10-21(18)27-3/h5-10,15H,4,11-14,16H2,1-3H3,(H,23,28). The molecule has 28 heavy (non-hydrogen) atoms. The SMILES string of the molecule is CCc1ccc(NC(=S)N2CCN(Cc3cc(OC)ccc3OC)CC2)cc1. The van der Waals surface area contributed by atoms with E-state index in [1.54, 1.807) is 14.2 Å². The van der Waals surface area contributed by atoms with E-state index in [1.165, 1.54) is 5.56 Å². The summed E-state index contributed by atoms with van der Waals surface area (Å²) in [7, 11) is 3.40. The summed E-state index contributed by atoms with van der Waals surface area (Å²) in [5.41, 5.74) is 3.52. The Hall–Kier alpha value is -2.31. The average molecular weight is 400 g/mol. The summed E-state index contributed by atoms with van der Waals surface area (Å²) in [6, 6.07) is 14.4. The molecule has 1 fully saturated rings. The molecule has 0 unspecified atom stereocenters. The van der Waals surface area contributed by atoms with Gasteiger partial charge in [0.25, 0.3) is 0 Å². The fourth-order valence-corrected chi connectivity index (χ4v) is 3.68. The number of hydrogen-bond acceptors (Lipinski definition) is 4. The molecule has 1 aliphatic rings. The van der Waals surface area contributed by atoms with Crippen LogP contribution < -0.4 is 14.8 Å². The normalized spacial score (nSPS) is 14.6. The highest BCUT2D eigenvalue weighted by molar-refractivity contribution is 7.80. The zero-order chi connectivity index (χ0) is 19.9. The average Bonchev–Trinajstić information content (AvgIpc) is 2.74. The minimum absolute atomic E-state index is 0.794. The maximum Gasteiger partial charge on any atom is 0.173 e. The first-order valence-corrected chi connectivity index (χ1v) is 10.1. The van der Waals surface area contributed by atoms with Crippen molar-refractivity contribution in [1.29, 1.82) is 0 Å². The monoisotopic (exact) mass is 399 g/mol. The van der Waals surface area contributed by atoms with Crippen LogP contribution in [0.25, 0.3) is 0 Å². The number of anilines is 1. The van der Waals surface area contributed by atoms with Crippen LogP contribution in [-0.2, 0) is 13.0 Å². The fraction of sp³-hybridized carbons (Fsp3) is 0.409. The van der Waals surface area contributed by atoms with Crippen LogP contribution in [0.3, 0.4) is 0 Å². The van der Waals surface area contributed by atoms with Crippen molar-refractivity contribution in [2.75, 3.05) is 45.7 Å². The zero-order valence-corrected chi connectivity index (χ0v) is 17.7. The van der Waals surface area contributed by atoms with E-state index in [2.05, 4.69) is 52.4 Å². The van der Waals surface area contributed by atoms with Gasteiger partial charge in [0, 0.05) is 44.0 Å². The molecule has 150 valence electrons. The lowest BCUT2D eigenvalue weighted by Gasteiger charge is -2.36. The molecule has 0 amide bonds. The second-order valence-corrected chi connectivity index (χ2v) is 7.31. The lowest BCUT2D eigenvalue weighted by atomic mass is 10.1. The Labute approximate surface area is 173 Å². The quantitative estimate of drug-likeness (QED) is 0.745. The van der Waals surface area contributed by atoms with E-state index in [0.29, 0.717) is 0 Å². The molecular weight excluding hydrogens is 370 g/mol. The number of piperazine rings is 1. The molecule has 2 aromatic carbocycles. The van der Waals surface area contributed by atoms with Crippen LogP contribution in [0.1, 0.15) is 18.1 Å². The third kappa shape index (κ3) is 5.14. The summed E-state index contributed by atoms with van der Waals surface area (Å²) in [4.78, 5) is 4.66. The van der Waals surface area contributed by atoms with Crippen LogP contribution in [0.15, 0.2) is 42.5 Å². The minimum Gasteiger partial charge on any atom is -0.497 e. The lowest BCUT2D eigenvalue weighted by Crippen LogP contribution is -2.49. The van der Waals surface area contributed by atoms with E-state index in [4.69, 9.17) is 21.7 Å². The van der Waals surface area contributed by atoms with Crippen LogP contribution in [0.5, 0.6) is 11.5 Å². The zero-order valence-electron chi connectivity index (χ0n) is 16.9. The molecule has 1 aliphatic heterocycles. The molecule has 0 aliphatic carbocycles. The van der Waals surface area contributed by atoms with Gasteiger partial charge in [0.05, 0.1) is 14.2 Å². The second-order valence-electron chi connectivity index (χ2n) is 6.92. The summed E-state index contributed by atoms with van der Waals surface area (Å²) in [5, 5.41) is 4.16. The van der Waals surface area contributed by atoms with Gasteiger partial charge in [0.15, 0.2) is 5.11 Å². The Morgan fingerprint density at radius 1 is 1.00 bits per heavy atom. The highest BCUT2D eigenvalue weighted by Gasteiger charge is 2.20. The Balaban J connectivity index is 1.53. The van der Waals surface area contributed by atoms with Gasteiger partial charge in [-0.05, 0) is 54.5 Å². The van der Waals surface area contributed by atoms with Gasteiger partial charge in [-0.3, -0.25) is 4.90 Å². The summed E-state index contributed by atoms with van der Waals surface area (Å²) in [6.45, 7) is 6.73. The van der Waals surface area contributed by atoms with Crippen molar-refractivity contribution in [3.63, 3.8) is 0 Å². The van der Waals surface area contributed by atoms with E-state index in [-0.39, 0.29) is 0 Å². The number of hydrogen-bond donors (Lipinski definition) is 1. The van der Waals surface area contributed by atoms with Crippen molar-refractivity contribution < 1.29 is 9.47 Å². The Morgan fingerprint density at radius 2 is 1.71 bits per heavy atom. The van der Waals surface area contributed by atoms with Crippen LogP contribution in [0.4, 0.5) is 5.69 Å². The highest BCUT2D eigenvalue weighted by Crippen LogP contribution is 2.25. The van der Waals surface area contributed by atoms with E-state index in [0.717, 1.165) is 67.0 Å². The molecule has 3 rings (SSSR count). The number of nitrogens with one attached hydrogen (secondary N) is 1. The Kier molecular flexibility index (Phi) is 7.12. The van der Waals surface area contributed by atoms with Gasteiger partial charge < -0.3 is 19.7 Å². The summed E-state index contributed by atoms with van der Waals surface area (Å²) >= 11 is 5.62. The van der Waals surface area contributed by atoms with Crippen LogP contribution in [-0.4, -0.2) is 55.3 Å². The number of aryl methyl sites for hydroxylation is 1. The van der Waals surface area contributed by atoms with Gasteiger partial charge in [-0.25, -0.2) is 0 Å². The van der Waals surface area contributed by atoms with Crippen LogP contribution >= 0.6 is 12.2 Å². The molecule has 1 N–H and O–H groups in total. The molecule has 2 aromatic rings. The van der Waals surface area contributed by atoms with E-state index >= 15 is 0 Å². The first-order chi connectivity index (χ1) is 13.6. The summed E-state index contributed by atoms with van der Waals surface area (Å²) < 4.78 is 10.9. The number of benzene rings is 2. The molecule has 0 bridgehead atoms. The number of methoxy groups -OCH3 is 2. The van der Waals surface area contributed by atoms with E-state index in [1.807, 2.05) is 12.1 Å². The molecule has 1 heterocycles. The number of rotatable bonds is 6.